The van der Waals surface area contributed by atoms with E-state index in [1.807, 2.05) is 6.92 Å². The van der Waals surface area contributed by atoms with Gasteiger partial charge in [-0.2, -0.15) is 0 Å². The summed E-state index contributed by atoms with van der Waals surface area (Å²) in [5.74, 6) is -0.390. The largest absolute Gasteiger partial charge is 0.395 e. The van der Waals surface area contributed by atoms with Crippen molar-refractivity contribution in [3.8, 4) is 0 Å². The van der Waals surface area contributed by atoms with Gasteiger partial charge in [0.2, 0.25) is 5.91 Å². The van der Waals surface area contributed by atoms with Crippen LogP contribution >= 0.6 is 0 Å². The number of nitrogens with zero attached hydrogens (tertiary/aromatic N) is 1. The molecule has 1 amide bonds. The zero-order chi connectivity index (χ0) is 12.8. The number of rotatable bonds is 5. The van der Waals surface area contributed by atoms with E-state index in [2.05, 4.69) is 10.6 Å². The molecule has 1 aliphatic heterocycles. The molecule has 0 spiro atoms. The van der Waals surface area contributed by atoms with E-state index >= 15 is 0 Å². The fourth-order valence-corrected chi connectivity index (χ4v) is 1.76. The first kappa shape index (κ1) is 14.3. The van der Waals surface area contributed by atoms with E-state index in [9.17, 15) is 13.6 Å². The monoisotopic (exact) mass is 251 g/mol. The summed E-state index contributed by atoms with van der Waals surface area (Å²) in [6.45, 7) is 2.01. The zero-order valence-electron chi connectivity index (χ0n) is 9.83. The van der Waals surface area contributed by atoms with E-state index < -0.39 is 24.9 Å². The lowest BCUT2D eigenvalue weighted by Gasteiger charge is -2.32. The highest BCUT2D eigenvalue weighted by molar-refractivity contribution is 5.82. The molecule has 0 aromatic heterocycles. The van der Waals surface area contributed by atoms with E-state index in [0.717, 1.165) is 4.90 Å². The van der Waals surface area contributed by atoms with E-state index in [1.54, 1.807) is 0 Å². The third-order valence-corrected chi connectivity index (χ3v) is 2.68. The molecule has 0 bridgehead atoms. The number of halogens is 2. The summed E-state index contributed by atoms with van der Waals surface area (Å²) in [5, 5.41) is 14.9. The molecule has 3 N–H and O–H groups in total. The Bertz CT molecular complexity index is 246. The minimum atomic E-state index is -2.58. The quantitative estimate of drug-likeness (QED) is 0.588. The number of aliphatic hydroxyl groups is 1. The molecule has 1 aliphatic rings. The van der Waals surface area contributed by atoms with Crippen LogP contribution in [-0.4, -0.2) is 67.2 Å². The molecule has 1 heterocycles. The lowest BCUT2D eigenvalue weighted by atomic mass is 10.1. The molecule has 5 nitrogen and oxygen atoms in total. The highest BCUT2D eigenvalue weighted by Gasteiger charge is 2.28. The van der Waals surface area contributed by atoms with Crippen LogP contribution in [0.1, 0.15) is 6.92 Å². The number of carbonyl (C=O) groups excluding carboxylic acids is 1. The maximum atomic E-state index is 12.3. The number of carbonyl (C=O) groups is 1. The van der Waals surface area contributed by atoms with Crippen molar-refractivity contribution in [2.75, 3.05) is 32.8 Å². The van der Waals surface area contributed by atoms with E-state index in [4.69, 9.17) is 5.11 Å². The second kappa shape index (κ2) is 6.83. The predicted octanol–water partition coefficient (Wildman–Crippen LogP) is -0.978. The van der Waals surface area contributed by atoms with Gasteiger partial charge >= 0.3 is 0 Å². The van der Waals surface area contributed by atoms with Gasteiger partial charge in [0.1, 0.15) is 0 Å². The maximum absolute atomic E-state index is 12.3. The third kappa shape index (κ3) is 4.53. The summed E-state index contributed by atoms with van der Waals surface area (Å²) in [6, 6.07) is -0.225. The van der Waals surface area contributed by atoms with Gasteiger partial charge in [-0.05, 0) is 6.92 Å². The van der Waals surface area contributed by atoms with Crippen molar-refractivity contribution in [2.24, 2.45) is 0 Å². The summed E-state index contributed by atoms with van der Waals surface area (Å²) in [7, 11) is 0. The molecule has 1 saturated heterocycles. The van der Waals surface area contributed by atoms with Gasteiger partial charge in [0.15, 0.2) is 0 Å². The normalized spacial score (nSPS) is 25.0. The summed E-state index contributed by atoms with van der Waals surface area (Å²) < 4.78 is 24.6. The molecule has 0 aromatic rings. The van der Waals surface area contributed by atoms with Crippen LogP contribution in [0.3, 0.4) is 0 Å². The first-order valence-corrected chi connectivity index (χ1v) is 5.69. The molecule has 2 unspecified atom stereocenters. The maximum Gasteiger partial charge on any atom is 0.255 e. The van der Waals surface area contributed by atoms with E-state index in [-0.39, 0.29) is 19.2 Å². The van der Waals surface area contributed by atoms with Gasteiger partial charge in [-0.15, -0.1) is 0 Å². The number of alkyl halides is 2. The van der Waals surface area contributed by atoms with Gasteiger partial charge in [-0.25, -0.2) is 8.78 Å². The Labute approximate surface area is 99.2 Å². The predicted molar refractivity (Wildman–Crippen MR) is 58.9 cm³/mol. The van der Waals surface area contributed by atoms with Crippen LogP contribution < -0.4 is 10.6 Å². The highest BCUT2D eigenvalue weighted by atomic mass is 19.3. The van der Waals surface area contributed by atoms with Gasteiger partial charge in [-0.1, -0.05) is 0 Å². The summed E-state index contributed by atoms with van der Waals surface area (Å²) >= 11 is 0. The van der Waals surface area contributed by atoms with Crippen molar-refractivity contribution in [1.82, 2.24) is 15.5 Å². The van der Waals surface area contributed by atoms with Crippen molar-refractivity contribution in [1.29, 1.82) is 0 Å². The lowest BCUT2D eigenvalue weighted by Crippen LogP contribution is -2.60. The molecule has 0 saturated carbocycles. The van der Waals surface area contributed by atoms with Crippen molar-refractivity contribution < 1.29 is 18.7 Å². The van der Waals surface area contributed by atoms with Crippen LogP contribution in [0.25, 0.3) is 0 Å². The van der Waals surface area contributed by atoms with Crippen molar-refractivity contribution in [3.05, 3.63) is 0 Å². The molecule has 17 heavy (non-hydrogen) atoms. The highest BCUT2D eigenvalue weighted by Crippen LogP contribution is 2.03. The molecule has 2 atom stereocenters. The molecular weight excluding hydrogens is 232 g/mol. The van der Waals surface area contributed by atoms with Gasteiger partial charge in [-0.3, -0.25) is 4.79 Å². The fraction of sp³-hybridized carbons (Fsp3) is 0.900. The Morgan fingerprint density at radius 1 is 1.47 bits per heavy atom. The Balaban J connectivity index is 2.51. The second-order valence-corrected chi connectivity index (χ2v) is 4.17. The Hall–Kier alpha value is -0.790. The summed E-state index contributed by atoms with van der Waals surface area (Å²) in [4.78, 5) is 12.9. The lowest BCUT2D eigenvalue weighted by molar-refractivity contribution is -0.136. The molecule has 0 aromatic carbocycles. The van der Waals surface area contributed by atoms with Crippen molar-refractivity contribution in [2.45, 2.75) is 25.4 Å². The number of nitrogens with one attached hydrogen (secondary N) is 2. The summed E-state index contributed by atoms with van der Waals surface area (Å²) in [5.41, 5.74) is 0. The van der Waals surface area contributed by atoms with Crippen LogP contribution in [-0.2, 0) is 4.79 Å². The second-order valence-electron chi connectivity index (χ2n) is 4.17. The van der Waals surface area contributed by atoms with Crippen molar-refractivity contribution >= 4 is 5.91 Å². The van der Waals surface area contributed by atoms with E-state index in [0.29, 0.717) is 13.1 Å². The smallest absolute Gasteiger partial charge is 0.255 e. The van der Waals surface area contributed by atoms with Crippen LogP contribution in [0.4, 0.5) is 8.78 Å². The van der Waals surface area contributed by atoms with Gasteiger partial charge in [0.25, 0.3) is 6.43 Å². The molecule has 1 fully saturated rings. The van der Waals surface area contributed by atoms with Gasteiger partial charge in [0.05, 0.1) is 19.2 Å². The van der Waals surface area contributed by atoms with Crippen LogP contribution in [0.2, 0.25) is 0 Å². The Morgan fingerprint density at radius 3 is 2.65 bits per heavy atom. The Kier molecular flexibility index (Phi) is 5.73. The molecular formula is C10H19F2N3O2. The first-order valence-electron chi connectivity index (χ1n) is 5.69. The number of hydrogen-bond donors (Lipinski definition) is 3. The minimum absolute atomic E-state index is 0.0586. The third-order valence-electron chi connectivity index (χ3n) is 2.68. The number of hydrogen-bond acceptors (Lipinski definition) is 4. The minimum Gasteiger partial charge on any atom is -0.395 e. The first-order chi connectivity index (χ1) is 8.04. The van der Waals surface area contributed by atoms with Crippen LogP contribution in [0, 0.1) is 0 Å². The fourth-order valence-electron chi connectivity index (χ4n) is 1.76. The number of amides is 1. The Morgan fingerprint density at radius 2 is 2.18 bits per heavy atom. The van der Waals surface area contributed by atoms with Crippen molar-refractivity contribution in [3.63, 3.8) is 0 Å². The molecule has 0 aliphatic carbocycles. The standard InChI is InChI=1S/C10H19F2N3O2/c1-7-4-14-8(5-13-7)10(17)15(2-3-16)6-9(11)12/h7-9,13-14,16H,2-6H2,1H3. The van der Waals surface area contributed by atoms with Gasteiger partial charge in [0, 0.05) is 25.7 Å². The number of aliphatic hydroxyl groups excluding tert-OH is 1. The summed E-state index contributed by atoms with van der Waals surface area (Å²) in [6.07, 6.45) is -2.58. The SMILES string of the molecule is CC1CNC(C(=O)N(CCO)CC(F)F)CN1. The van der Waals surface area contributed by atoms with E-state index in [1.165, 1.54) is 0 Å². The average Bonchev–Trinajstić information content (AvgIpc) is 2.28. The topological polar surface area (TPSA) is 64.6 Å². The molecule has 1 rings (SSSR count). The van der Waals surface area contributed by atoms with Gasteiger partial charge < -0.3 is 20.6 Å². The zero-order valence-corrected chi connectivity index (χ0v) is 9.83. The molecule has 100 valence electrons. The van der Waals surface area contributed by atoms with Crippen LogP contribution in [0.15, 0.2) is 0 Å². The molecule has 0 radical (unpaired) electrons. The molecule has 7 heteroatoms. The average molecular weight is 251 g/mol. The number of piperazine rings is 1. The van der Waals surface area contributed by atoms with Crippen LogP contribution in [0.5, 0.6) is 0 Å².